The van der Waals surface area contributed by atoms with Crippen molar-refractivity contribution in [3.05, 3.63) is 53.7 Å². The number of rotatable bonds is 2. The molecule has 0 radical (unpaired) electrons. The monoisotopic (exact) mass is 396 g/mol. The predicted octanol–water partition coefficient (Wildman–Crippen LogP) is 5.04. The van der Waals surface area contributed by atoms with Gasteiger partial charge in [-0.25, -0.2) is 4.98 Å². The fourth-order valence-corrected chi connectivity index (χ4v) is 4.68. The van der Waals surface area contributed by atoms with Gasteiger partial charge in [0.05, 0.1) is 15.7 Å². The fourth-order valence-electron chi connectivity index (χ4n) is 3.63. The van der Waals surface area contributed by atoms with Crippen LogP contribution in [0, 0.1) is 0 Å². The summed E-state index contributed by atoms with van der Waals surface area (Å²) in [6.07, 6.45) is 5.42. The molecule has 4 aromatic rings. The molecular formula is C21H21ClN4S. The number of hydrogen-bond acceptors (Lipinski definition) is 4. The third-order valence-corrected chi connectivity index (χ3v) is 6.02. The van der Waals surface area contributed by atoms with Gasteiger partial charge in [0.15, 0.2) is 0 Å². The van der Waals surface area contributed by atoms with Crippen LogP contribution in [-0.2, 0) is 7.05 Å². The van der Waals surface area contributed by atoms with Crippen LogP contribution < -0.4 is 5.32 Å². The molecule has 2 aromatic carbocycles. The van der Waals surface area contributed by atoms with Gasteiger partial charge < -0.3 is 5.32 Å². The van der Waals surface area contributed by atoms with Gasteiger partial charge in [0.1, 0.15) is 5.01 Å². The first-order valence-corrected chi connectivity index (χ1v) is 9.76. The van der Waals surface area contributed by atoms with E-state index in [1.165, 1.54) is 26.8 Å². The van der Waals surface area contributed by atoms with Gasteiger partial charge in [0, 0.05) is 24.7 Å². The molecule has 27 heavy (non-hydrogen) atoms. The lowest BCUT2D eigenvalue weighted by molar-refractivity contribution is 0.620. The topological polar surface area (TPSA) is 42.7 Å². The molecule has 0 amide bonds. The van der Waals surface area contributed by atoms with Crippen LogP contribution in [0.4, 0.5) is 0 Å². The highest BCUT2D eigenvalue weighted by Crippen LogP contribution is 2.33. The number of nitrogens with zero attached hydrogens (tertiary/aromatic N) is 3. The zero-order valence-corrected chi connectivity index (χ0v) is 16.9. The minimum Gasteiger partial charge on any atom is -0.310 e. The van der Waals surface area contributed by atoms with Crippen LogP contribution in [0.1, 0.15) is 18.4 Å². The quantitative estimate of drug-likeness (QED) is 0.516. The molecule has 1 unspecified atom stereocenters. The van der Waals surface area contributed by atoms with E-state index in [9.17, 15) is 0 Å². The third-order valence-electron chi connectivity index (χ3n) is 4.93. The fraction of sp³-hybridized carbons (Fsp3) is 0.238. The van der Waals surface area contributed by atoms with Crippen molar-refractivity contribution in [3.8, 4) is 11.1 Å². The number of thiazole rings is 1. The summed E-state index contributed by atoms with van der Waals surface area (Å²) in [7, 11) is 1.96. The first kappa shape index (κ1) is 18.2. The Hall–Kier alpha value is -2.21. The predicted molar refractivity (Wildman–Crippen MR) is 117 cm³/mol. The summed E-state index contributed by atoms with van der Waals surface area (Å²) in [5.41, 5.74) is 5.94. The largest absolute Gasteiger partial charge is 0.310 e. The van der Waals surface area contributed by atoms with Gasteiger partial charge in [-0.3, -0.25) is 4.68 Å². The van der Waals surface area contributed by atoms with E-state index in [4.69, 9.17) is 4.98 Å². The smallest absolute Gasteiger partial charge is 0.120 e. The lowest BCUT2D eigenvalue weighted by atomic mass is 10.0. The maximum absolute atomic E-state index is 4.87. The number of aryl methyl sites for hydroxylation is 1. The summed E-state index contributed by atoms with van der Waals surface area (Å²) in [5, 5.41) is 10.2. The van der Waals surface area contributed by atoms with Crippen LogP contribution in [0.25, 0.3) is 37.8 Å². The molecule has 1 N–H and O–H groups in total. The molecular weight excluding hydrogens is 376 g/mol. The average molecular weight is 397 g/mol. The highest BCUT2D eigenvalue weighted by atomic mass is 35.5. The van der Waals surface area contributed by atoms with Crippen molar-refractivity contribution >= 4 is 50.4 Å². The normalized spacial score (nSPS) is 17.1. The third kappa shape index (κ3) is 3.38. The lowest BCUT2D eigenvalue weighted by Gasteiger charge is -2.17. The van der Waals surface area contributed by atoms with Gasteiger partial charge in [-0.05, 0) is 60.9 Å². The SMILES string of the molecule is CC1C=C(c2nc3ccc(-c4ccc5nn(C)cc5c4)cc3s2)CCN1.Cl. The molecule has 0 aliphatic carbocycles. The molecule has 138 valence electrons. The second-order valence-corrected chi connectivity index (χ2v) is 7.99. The minimum atomic E-state index is 0. The molecule has 5 rings (SSSR count). The van der Waals surface area contributed by atoms with E-state index in [1.54, 1.807) is 11.3 Å². The van der Waals surface area contributed by atoms with E-state index in [-0.39, 0.29) is 12.4 Å². The van der Waals surface area contributed by atoms with Crippen LogP contribution in [0.15, 0.2) is 48.7 Å². The summed E-state index contributed by atoms with van der Waals surface area (Å²) in [6.45, 7) is 3.22. The zero-order valence-electron chi connectivity index (χ0n) is 15.3. The molecule has 0 saturated heterocycles. The Morgan fingerprint density at radius 1 is 1.11 bits per heavy atom. The Labute approximate surface area is 168 Å². The summed E-state index contributed by atoms with van der Waals surface area (Å²) >= 11 is 1.80. The molecule has 6 heteroatoms. The average Bonchev–Trinajstić information content (AvgIpc) is 3.22. The number of hydrogen-bond donors (Lipinski definition) is 1. The standard InChI is InChI=1S/C21H20N4S.ClH/c1-13-9-16(7-8-22-13)21-23-19-6-4-15(11-20(19)26-21)14-3-5-18-17(10-14)12-25(2)24-18;/h3-6,9-13,22H,7-8H2,1-2H3;1H. The number of benzene rings is 2. The molecule has 2 aromatic heterocycles. The molecule has 3 heterocycles. The van der Waals surface area contributed by atoms with Crippen LogP contribution >= 0.6 is 23.7 Å². The van der Waals surface area contributed by atoms with Gasteiger partial charge in [-0.1, -0.05) is 18.2 Å². The van der Waals surface area contributed by atoms with Crippen LogP contribution in [0.5, 0.6) is 0 Å². The Bertz CT molecular complexity index is 1160. The van der Waals surface area contributed by atoms with Crippen LogP contribution in [0.3, 0.4) is 0 Å². The number of nitrogens with one attached hydrogen (secondary N) is 1. The molecule has 0 spiro atoms. The lowest BCUT2D eigenvalue weighted by Crippen LogP contribution is -2.29. The second-order valence-electron chi connectivity index (χ2n) is 6.96. The maximum atomic E-state index is 4.87. The zero-order chi connectivity index (χ0) is 17.7. The van der Waals surface area contributed by atoms with Crippen molar-refractivity contribution in [1.82, 2.24) is 20.1 Å². The summed E-state index contributed by atoms with van der Waals surface area (Å²) in [6, 6.07) is 13.4. The molecule has 4 nitrogen and oxygen atoms in total. The van der Waals surface area contributed by atoms with E-state index < -0.39 is 0 Å². The van der Waals surface area contributed by atoms with E-state index >= 15 is 0 Å². The molecule has 1 aliphatic rings. The number of fused-ring (bicyclic) bond motifs is 2. The van der Waals surface area contributed by atoms with Crippen molar-refractivity contribution in [3.63, 3.8) is 0 Å². The molecule has 1 aliphatic heterocycles. The van der Waals surface area contributed by atoms with Crippen LogP contribution in [-0.4, -0.2) is 27.4 Å². The van der Waals surface area contributed by atoms with Crippen molar-refractivity contribution < 1.29 is 0 Å². The first-order chi connectivity index (χ1) is 12.7. The van der Waals surface area contributed by atoms with Crippen molar-refractivity contribution in [2.24, 2.45) is 7.05 Å². The Morgan fingerprint density at radius 2 is 1.89 bits per heavy atom. The number of halogens is 1. The highest BCUT2D eigenvalue weighted by molar-refractivity contribution is 7.19. The summed E-state index contributed by atoms with van der Waals surface area (Å²) in [4.78, 5) is 4.87. The van der Waals surface area contributed by atoms with Gasteiger partial charge in [0.2, 0.25) is 0 Å². The first-order valence-electron chi connectivity index (χ1n) is 8.94. The minimum absolute atomic E-state index is 0. The van der Waals surface area contributed by atoms with E-state index in [0.717, 1.165) is 29.0 Å². The Morgan fingerprint density at radius 3 is 2.70 bits per heavy atom. The second kappa shape index (κ2) is 7.08. The summed E-state index contributed by atoms with van der Waals surface area (Å²) in [5.74, 6) is 0. The molecule has 0 fully saturated rings. The van der Waals surface area contributed by atoms with Crippen molar-refractivity contribution in [1.29, 1.82) is 0 Å². The van der Waals surface area contributed by atoms with Gasteiger partial charge in [0.25, 0.3) is 0 Å². The molecule has 1 atom stereocenters. The Kier molecular flexibility index (Phi) is 4.76. The Balaban J connectivity index is 0.00000180. The van der Waals surface area contributed by atoms with Crippen molar-refractivity contribution in [2.45, 2.75) is 19.4 Å². The van der Waals surface area contributed by atoms with E-state index in [2.05, 4.69) is 66.0 Å². The van der Waals surface area contributed by atoms with E-state index in [0.29, 0.717) is 6.04 Å². The maximum Gasteiger partial charge on any atom is 0.120 e. The van der Waals surface area contributed by atoms with Crippen LogP contribution in [0.2, 0.25) is 0 Å². The van der Waals surface area contributed by atoms with E-state index in [1.807, 2.05) is 11.7 Å². The van der Waals surface area contributed by atoms with Gasteiger partial charge in [-0.15, -0.1) is 23.7 Å². The molecule has 0 saturated carbocycles. The summed E-state index contributed by atoms with van der Waals surface area (Å²) < 4.78 is 3.11. The highest BCUT2D eigenvalue weighted by Gasteiger charge is 2.14. The number of aromatic nitrogens is 3. The van der Waals surface area contributed by atoms with Gasteiger partial charge >= 0.3 is 0 Å². The van der Waals surface area contributed by atoms with Crippen molar-refractivity contribution in [2.75, 3.05) is 6.54 Å². The van der Waals surface area contributed by atoms with Gasteiger partial charge in [-0.2, -0.15) is 5.10 Å². The molecule has 0 bridgehead atoms.